The summed E-state index contributed by atoms with van der Waals surface area (Å²) in [5.41, 5.74) is 2.89. The molecule has 82 valence electrons. The summed E-state index contributed by atoms with van der Waals surface area (Å²) in [4.78, 5) is 15.0. The molecule has 0 atom stereocenters. The minimum Gasteiger partial charge on any atom is -0.495 e. The molecule has 0 amide bonds. The number of benzene rings is 1. The maximum atomic E-state index is 11.8. The zero-order valence-electron chi connectivity index (χ0n) is 9.17. The highest BCUT2D eigenvalue weighted by atomic mass is 16.5. The smallest absolute Gasteiger partial charge is 0.179 e. The van der Waals surface area contributed by atoms with Crippen molar-refractivity contribution in [3.05, 3.63) is 29.5 Å². The van der Waals surface area contributed by atoms with Crippen LogP contribution in [0.5, 0.6) is 5.75 Å². The second kappa shape index (κ2) is 3.37. The van der Waals surface area contributed by atoms with E-state index in [0.717, 1.165) is 40.8 Å². The van der Waals surface area contributed by atoms with Crippen LogP contribution in [0.15, 0.2) is 18.2 Å². The van der Waals surface area contributed by atoms with Crippen LogP contribution in [0.25, 0.3) is 10.9 Å². The summed E-state index contributed by atoms with van der Waals surface area (Å²) in [6.45, 7) is 0. The van der Waals surface area contributed by atoms with Gasteiger partial charge in [0.2, 0.25) is 0 Å². The van der Waals surface area contributed by atoms with E-state index >= 15 is 0 Å². The Morgan fingerprint density at radius 1 is 1.31 bits per heavy atom. The van der Waals surface area contributed by atoms with Gasteiger partial charge in [-0.1, -0.05) is 12.1 Å². The Kier molecular flexibility index (Phi) is 1.99. The summed E-state index contributed by atoms with van der Waals surface area (Å²) in [6.07, 6.45) is 2.59. The molecule has 3 nitrogen and oxygen atoms in total. The number of aromatic nitrogens is 1. The van der Waals surface area contributed by atoms with Crippen molar-refractivity contribution in [3.63, 3.8) is 0 Å². The summed E-state index contributed by atoms with van der Waals surface area (Å²) in [5.74, 6) is 1.03. The van der Waals surface area contributed by atoms with E-state index in [0.29, 0.717) is 6.42 Å². The normalized spacial score (nSPS) is 15.2. The van der Waals surface area contributed by atoms with Crippen LogP contribution < -0.4 is 4.74 Å². The zero-order valence-corrected chi connectivity index (χ0v) is 9.17. The van der Waals surface area contributed by atoms with Gasteiger partial charge in [0, 0.05) is 11.8 Å². The summed E-state index contributed by atoms with van der Waals surface area (Å²) >= 11 is 0. The van der Waals surface area contributed by atoms with E-state index in [1.165, 1.54) is 0 Å². The van der Waals surface area contributed by atoms with E-state index in [-0.39, 0.29) is 5.78 Å². The zero-order chi connectivity index (χ0) is 11.1. The van der Waals surface area contributed by atoms with Crippen molar-refractivity contribution >= 4 is 16.7 Å². The maximum absolute atomic E-state index is 11.8. The third-order valence-corrected chi connectivity index (χ3v) is 3.23. The minimum atomic E-state index is 0.222. The number of Topliss-reactive ketones (excluding diaryl/α,β-unsaturated/α-hetero) is 1. The van der Waals surface area contributed by atoms with E-state index in [9.17, 15) is 4.79 Å². The average Bonchev–Trinajstić information content (AvgIpc) is 2.69. The lowest BCUT2D eigenvalue weighted by Gasteiger charge is -2.09. The van der Waals surface area contributed by atoms with Gasteiger partial charge < -0.3 is 9.72 Å². The molecule has 0 saturated heterocycles. The van der Waals surface area contributed by atoms with E-state index < -0.39 is 0 Å². The van der Waals surface area contributed by atoms with Crippen LogP contribution in [-0.4, -0.2) is 17.9 Å². The lowest BCUT2D eigenvalue weighted by Crippen LogP contribution is -2.09. The van der Waals surface area contributed by atoms with Gasteiger partial charge >= 0.3 is 0 Å². The summed E-state index contributed by atoms with van der Waals surface area (Å²) in [7, 11) is 1.65. The highest BCUT2D eigenvalue weighted by molar-refractivity contribution is 6.04. The monoisotopic (exact) mass is 215 g/mol. The molecule has 3 rings (SSSR count). The van der Waals surface area contributed by atoms with Crippen molar-refractivity contribution in [2.75, 3.05) is 7.11 Å². The molecular formula is C13H13NO2. The molecule has 0 bridgehead atoms. The van der Waals surface area contributed by atoms with E-state index in [1.54, 1.807) is 7.11 Å². The van der Waals surface area contributed by atoms with Gasteiger partial charge in [-0.25, -0.2) is 0 Å². The van der Waals surface area contributed by atoms with Crippen LogP contribution in [-0.2, 0) is 6.42 Å². The molecule has 1 aliphatic rings. The van der Waals surface area contributed by atoms with Gasteiger partial charge in [0.05, 0.1) is 18.3 Å². The number of para-hydroxylation sites is 1. The first kappa shape index (κ1) is 9.46. The van der Waals surface area contributed by atoms with E-state index in [4.69, 9.17) is 4.74 Å². The molecule has 16 heavy (non-hydrogen) atoms. The Morgan fingerprint density at radius 2 is 2.19 bits per heavy atom. The molecule has 0 radical (unpaired) electrons. The maximum Gasteiger partial charge on any atom is 0.179 e. The van der Waals surface area contributed by atoms with Gasteiger partial charge in [0.1, 0.15) is 5.75 Å². The van der Waals surface area contributed by atoms with E-state index in [2.05, 4.69) is 4.98 Å². The topological polar surface area (TPSA) is 42.1 Å². The number of hydrogen-bond donors (Lipinski definition) is 1. The minimum absolute atomic E-state index is 0.222. The van der Waals surface area contributed by atoms with Crippen molar-refractivity contribution in [2.24, 2.45) is 0 Å². The Bertz CT molecular complexity index is 569. The Balaban J connectivity index is 2.35. The van der Waals surface area contributed by atoms with Gasteiger partial charge in [0.15, 0.2) is 5.78 Å². The molecule has 1 N–H and O–H groups in total. The standard InChI is InChI=1S/C13H13NO2/c1-16-11-7-3-5-9-8-4-2-6-10(15)12(8)14-13(9)11/h3,5,7,14H,2,4,6H2,1H3. The van der Waals surface area contributed by atoms with Gasteiger partial charge in [-0.05, 0) is 24.5 Å². The highest BCUT2D eigenvalue weighted by Gasteiger charge is 2.22. The molecule has 1 aromatic carbocycles. The Hall–Kier alpha value is -1.77. The molecule has 2 aromatic rings. The number of fused-ring (bicyclic) bond motifs is 3. The molecule has 1 aromatic heterocycles. The number of hydrogen-bond acceptors (Lipinski definition) is 2. The van der Waals surface area contributed by atoms with Crippen LogP contribution in [0, 0.1) is 0 Å². The average molecular weight is 215 g/mol. The number of aryl methyl sites for hydroxylation is 1. The fraction of sp³-hybridized carbons (Fsp3) is 0.308. The van der Waals surface area contributed by atoms with Crippen molar-refractivity contribution in [3.8, 4) is 5.75 Å². The largest absolute Gasteiger partial charge is 0.495 e. The Labute approximate surface area is 93.4 Å². The number of carbonyl (C=O) groups is 1. The lowest BCUT2D eigenvalue weighted by atomic mass is 9.95. The lowest BCUT2D eigenvalue weighted by molar-refractivity contribution is 0.0968. The van der Waals surface area contributed by atoms with Gasteiger partial charge in [-0.3, -0.25) is 4.79 Å². The van der Waals surface area contributed by atoms with Gasteiger partial charge in [0.25, 0.3) is 0 Å². The summed E-state index contributed by atoms with van der Waals surface area (Å²) in [6, 6.07) is 5.93. The number of methoxy groups -OCH3 is 1. The number of carbonyl (C=O) groups excluding carboxylic acids is 1. The summed E-state index contributed by atoms with van der Waals surface area (Å²) in [5, 5.41) is 1.13. The number of rotatable bonds is 1. The molecule has 0 saturated carbocycles. The van der Waals surface area contributed by atoms with Crippen molar-refractivity contribution in [1.82, 2.24) is 4.98 Å². The number of H-pyrrole nitrogens is 1. The number of nitrogens with one attached hydrogen (secondary N) is 1. The predicted molar refractivity (Wildman–Crippen MR) is 62.1 cm³/mol. The van der Waals surface area contributed by atoms with Crippen LogP contribution in [0.4, 0.5) is 0 Å². The Morgan fingerprint density at radius 3 is 3.00 bits per heavy atom. The van der Waals surface area contributed by atoms with Crippen molar-refractivity contribution in [2.45, 2.75) is 19.3 Å². The van der Waals surface area contributed by atoms with Gasteiger partial charge in [-0.2, -0.15) is 0 Å². The predicted octanol–water partition coefficient (Wildman–Crippen LogP) is 2.70. The number of ketones is 1. The molecule has 0 unspecified atom stereocenters. The second-order valence-corrected chi connectivity index (χ2v) is 4.14. The molecule has 0 spiro atoms. The van der Waals surface area contributed by atoms with Crippen LogP contribution in [0.3, 0.4) is 0 Å². The molecule has 0 aliphatic heterocycles. The van der Waals surface area contributed by atoms with Gasteiger partial charge in [-0.15, -0.1) is 0 Å². The molecule has 1 aliphatic carbocycles. The first-order valence-corrected chi connectivity index (χ1v) is 5.52. The third-order valence-electron chi connectivity index (χ3n) is 3.23. The van der Waals surface area contributed by atoms with Crippen LogP contribution in [0.1, 0.15) is 28.9 Å². The fourth-order valence-corrected chi connectivity index (χ4v) is 2.47. The molecular weight excluding hydrogens is 202 g/mol. The number of ether oxygens (including phenoxy) is 1. The van der Waals surface area contributed by atoms with Crippen molar-refractivity contribution < 1.29 is 9.53 Å². The fourth-order valence-electron chi connectivity index (χ4n) is 2.47. The molecule has 0 fully saturated rings. The molecule has 1 heterocycles. The first-order chi connectivity index (χ1) is 7.81. The molecule has 3 heteroatoms. The second-order valence-electron chi connectivity index (χ2n) is 4.14. The first-order valence-electron chi connectivity index (χ1n) is 5.52. The van der Waals surface area contributed by atoms with Crippen LogP contribution >= 0.6 is 0 Å². The summed E-state index contributed by atoms with van der Waals surface area (Å²) < 4.78 is 5.30. The van der Waals surface area contributed by atoms with Crippen molar-refractivity contribution in [1.29, 1.82) is 0 Å². The quantitative estimate of drug-likeness (QED) is 0.794. The number of aromatic amines is 1. The van der Waals surface area contributed by atoms with E-state index in [1.807, 2.05) is 18.2 Å². The highest BCUT2D eigenvalue weighted by Crippen LogP contribution is 2.33. The van der Waals surface area contributed by atoms with Crippen LogP contribution in [0.2, 0.25) is 0 Å². The SMILES string of the molecule is COc1cccc2c3c([nH]c12)C(=O)CCC3. The third kappa shape index (κ3) is 1.18.